The van der Waals surface area contributed by atoms with E-state index >= 15 is 0 Å². The van der Waals surface area contributed by atoms with Gasteiger partial charge in [0.15, 0.2) is 0 Å². The number of rotatable bonds is 6. The fourth-order valence-electron chi connectivity index (χ4n) is 2.76. The minimum absolute atomic E-state index is 0.0290. The zero-order valence-electron chi connectivity index (χ0n) is 13.0. The molecule has 2 fully saturated rings. The topological polar surface area (TPSA) is 54.0 Å². The molecule has 0 aromatic heterocycles. The van der Waals surface area contributed by atoms with E-state index in [2.05, 4.69) is 15.9 Å². The molecule has 0 aliphatic carbocycles. The molecule has 2 saturated heterocycles. The summed E-state index contributed by atoms with van der Waals surface area (Å²) in [6.07, 6.45) is 4.24. The molecule has 5 nitrogen and oxygen atoms in total. The van der Waals surface area contributed by atoms with Gasteiger partial charge in [0.05, 0.1) is 17.8 Å². The molecule has 2 aliphatic rings. The maximum Gasteiger partial charge on any atom is 0.338 e. The third-order valence-electron chi connectivity index (χ3n) is 3.99. The number of hydrogen-bond donors (Lipinski definition) is 0. The van der Waals surface area contributed by atoms with Gasteiger partial charge in [0, 0.05) is 17.7 Å². The number of halogens is 1. The van der Waals surface area contributed by atoms with E-state index in [1.807, 2.05) is 6.07 Å². The van der Waals surface area contributed by atoms with Gasteiger partial charge in [0.25, 0.3) is 0 Å². The largest absolute Gasteiger partial charge is 0.491 e. The van der Waals surface area contributed by atoms with Gasteiger partial charge >= 0.3 is 5.97 Å². The van der Waals surface area contributed by atoms with Crippen LogP contribution >= 0.6 is 15.9 Å². The second-order valence-corrected chi connectivity index (χ2v) is 6.77. The summed E-state index contributed by atoms with van der Waals surface area (Å²) in [5.74, 6) is 0.280. The Kier molecular flexibility index (Phi) is 5.91. The summed E-state index contributed by atoms with van der Waals surface area (Å²) < 4.78 is 22.9. The quantitative estimate of drug-likeness (QED) is 0.703. The third kappa shape index (κ3) is 4.93. The van der Waals surface area contributed by atoms with Crippen LogP contribution < -0.4 is 4.74 Å². The Bertz CT molecular complexity index is 536. The van der Waals surface area contributed by atoms with Crippen LogP contribution in [0.5, 0.6) is 5.75 Å². The molecule has 0 radical (unpaired) electrons. The maximum absolute atomic E-state index is 12.2. The number of benzene rings is 1. The minimum atomic E-state index is -0.358. The molecule has 1 aromatic rings. The average molecular weight is 385 g/mol. The summed E-state index contributed by atoms with van der Waals surface area (Å²) in [6, 6.07) is 5.28. The van der Waals surface area contributed by atoms with Gasteiger partial charge in [-0.1, -0.05) is 15.9 Å². The highest BCUT2D eigenvalue weighted by Crippen LogP contribution is 2.24. The Morgan fingerprint density at radius 2 is 1.78 bits per heavy atom. The Morgan fingerprint density at radius 1 is 1.09 bits per heavy atom. The van der Waals surface area contributed by atoms with E-state index in [0.29, 0.717) is 24.5 Å². The minimum Gasteiger partial charge on any atom is -0.491 e. The molecule has 0 amide bonds. The Hall–Kier alpha value is -1.11. The summed E-state index contributed by atoms with van der Waals surface area (Å²) >= 11 is 3.41. The van der Waals surface area contributed by atoms with Crippen LogP contribution in [0.1, 0.15) is 36.0 Å². The van der Waals surface area contributed by atoms with Crippen molar-refractivity contribution in [3.05, 3.63) is 28.2 Å². The molecule has 0 saturated carbocycles. The monoisotopic (exact) mass is 384 g/mol. The Morgan fingerprint density at radius 3 is 2.43 bits per heavy atom. The van der Waals surface area contributed by atoms with Gasteiger partial charge in [0.2, 0.25) is 0 Å². The smallest absolute Gasteiger partial charge is 0.338 e. The molecule has 0 N–H and O–H groups in total. The summed E-state index contributed by atoms with van der Waals surface area (Å²) in [5.41, 5.74) is 0.472. The molecule has 0 spiro atoms. The van der Waals surface area contributed by atoms with Crippen molar-refractivity contribution in [1.82, 2.24) is 0 Å². The molecule has 6 heteroatoms. The summed E-state index contributed by atoms with van der Waals surface area (Å²) in [7, 11) is 0. The van der Waals surface area contributed by atoms with E-state index in [0.717, 1.165) is 43.4 Å². The number of ether oxygens (including phenoxy) is 4. The molecule has 0 unspecified atom stereocenters. The second-order valence-electron chi connectivity index (χ2n) is 5.86. The van der Waals surface area contributed by atoms with Crippen molar-refractivity contribution < 1.29 is 23.7 Å². The van der Waals surface area contributed by atoms with Crippen LogP contribution in [0.15, 0.2) is 22.7 Å². The molecule has 2 aliphatic heterocycles. The highest BCUT2D eigenvalue weighted by Gasteiger charge is 2.19. The number of carbonyl (C=O) groups is 1. The lowest BCUT2D eigenvalue weighted by Crippen LogP contribution is -2.18. The van der Waals surface area contributed by atoms with Crippen molar-refractivity contribution >= 4 is 21.9 Å². The second kappa shape index (κ2) is 8.13. The molecule has 23 heavy (non-hydrogen) atoms. The lowest BCUT2D eigenvalue weighted by atomic mass is 10.2. The number of esters is 1. The fourth-order valence-corrected chi connectivity index (χ4v) is 3.23. The van der Waals surface area contributed by atoms with Crippen LogP contribution in [-0.4, -0.2) is 44.6 Å². The molecule has 2 atom stereocenters. The van der Waals surface area contributed by atoms with Gasteiger partial charge in [0.1, 0.15) is 19.0 Å². The molecule has 126 valence electrons. The van der Waals surface area contributed by atoms with Crippen LogP contribution in [0.25, 0.3) is 0 Å². The van der Waals surface area contributed by atoms with Gasteiger partial charge < -0.3 is 18.9 Å². The van der Waals surface area contributed by atoms with Gasteiger partial charge in [-0.05, 0) is 43.9 Å². The standard InChI is InChI=1S/C17H21BrO5/c18-13-7-12(17(19)23-11-15-4-2-6-21-15)8-16(9-13)22-10-14-3-1-5-20-14/h7-9,14-15H,1-6,10-11H2/t14-,15-/m0/s1. The average Bonchev–Trinajstić information content (AvgIpc) is 3.23. The van der Waals surface area contributed by atoms with Gasteiger partial charge in [-0.3, -0.25) is 0 Å². The molecular weight excluding hydrogens is 364 g/mol. The van der Waals surface area contributed by atoms with E-state index < -0.39 is 0 Å². The zero-order valence-corrected chi connectivity index (χ0v) is 14.5. The van der Waals surface area contributed by atoms with E-state index in [-0.39, 0.29) is 18.2 Å². The van der Waals surface area contributed by atoms with E-state index in [9.17, 15) is 4.79 Å². The number of carbonyl (C=O) groups excluding carboxylic acids is 1. The molecule has 2 heterocycles. The Balaban J connectivity index is 1.56. The molecule has 0 bridgehead atoms. The lowest BCUT2D eigenvalue weighted by Gasteiger charge is -2.13. The van der Waals surface area contributed by atoms with E-state index in [1.165, 1.54) is 0 Å². The normalized spacial score (nSPS) is 23.9. The molecule has 1 aromatic carbocycles. The van der Waals surface area contributed by atoms with Crippen LogP contribution in [0.3, 0.4) is 0 Å². The third-order valence-corrected chi connectivity index (χ3v) is 4.45. The first-order valence-electron chi connectivity index (χ1n) is 8.04. The van der Waals surface area contributed by atoms with Crippen LogP contribution in [0.4, 0.5) is 0 Å². The van der Waals surface area contributed by atoms with Crippen molar-refractivity contribution in [3.8, 4) is 5.75 Å². The molecular formula is C17H21BrO5. The predicted molar refractivity (Wildman–Crippen MR) is 87.9 cm³/mol. The Labute approximate surface area is 144 Å². The number of hydrogen-bond acceptors (Lipinski definition) is 5. The van der Waals surface area contributed by atoms with E-state index in [1.54, 1.807) is 12.1 Å². The SMILES string of the molecule is O=C(OC[C@@H]1CCCO1)c1cc(Br)cc(OC[C@@H]2CCCO2)c1. The van der Waals surface area contributed by atoms with Crippen LogP contribution in [0, 0.1) is 0 Å². The highest BCUT2D eigenvalue weighted by atomic mass is 79.9. The lowest BCUT2D eigenvalue weighted by molar-refractivity contribution is 0.0161. The first-order valence-corrected chi connectivity index (χ1v) is 8.84. The van der Waals surface area contributed by atoms with Crippen molar-refractivity contribution in [3.63, 3.8) is 0 Å². The highest BCUT2D eigenvalue weighted by molar-refractivity contribution is 9.10. The first-order chi connectivity index (χ1) is 11.2. The van der Waals surface area contributed by atoms with Gasteiger partial charge in [-0.15, -0.1) is 0 Å². The van der Waals surface area contributed by atoms with Crippen molar-refractivity contribution in [2.24, 2.45) is 0 Å². The zero-order chi connectivity index (χ0) is 16.1. The van der Waals surface area contributed by atoms with Crippen molar-refractivity contribution in [2.45, 2.75) is 37.9 Å². The summed E-state index contributed by atoms with van der Waals surface area (Å²) in [4.78, 5) is 12.2. The summed E-state index contributed by atoms with van der Waals surface area (Å²) in [6.45, 7) is 2.35. The maximum atomic E-state index is 12.2. The fraction of sp³-hybridized carbons (Fsp3) is 0.588. The first kappa shape index (κ1) is 16.7. The van der Waals surface area contributed by atoms with Gasteiger partial charge in [-0.25, -0.2) is 4.79 Å². The van der Waals surface area contributed by atoms with Crippen LogP contribution in [0.2, 0.25) is 0 Å². The molecule has 3 rings (SSSR count). The van der Waals surface area contributed by atoms with E-state index in [4.69, 9.17) is 18.9 Å². The van der Waals surface area contributed by atoms with Crippen molar-refractivity contribution in [2.75, 3.05) is 26.4 Å². The summed E-state index contributed by atoms with van der Waals surface area (Å²) in [5, 5.41) is 0. The van der Waals surface area contributed by atoms with Crippen molar-refractivity contribution in [1.29, 1.82) is 0 Å². The van der Waals surface area contributed by atoms with Gasteiger partial charge in [-0.2, -0.15) is 0 Å². The predicted octanol–water partition coefficient (Wildman–Crippen LogP) is 3.34. The van der Waals surface area contributed by atoms with Crippen LogP contribution in [-0.2, 0) is 14.2 Å².